The molecule has 1 saturated heterocycles. The van der Waals surface area contributed by atoms with Crippen LogP contribution in [0.1, 0.15) is 60.6 Å². The van der Waals surface area contributed by atoms with Crippen LogP contribution in [0.25, 0.3) is 5.65 Å². The number of carbonyl (C=O) groups is 1. The second-order valence-corrected chi connectivity index (χ2v) is 6.24. The van der Waals surface area contributed by atoms with E-state index >= 15 is 0 Å². The molecule has 0 aliphatic carbocycles. The molecule has 1 N–H and O–H groups in total. The van der Waals surface area contributed by atoms with Gasteiger partial charge in [0.05, 0.1) is 17.5 Å². The lowest BCUT2D eigenvalue weighted by atomic mass is 10.00. The highest BCUT2D eigenvalue weighted by atomic mass is 16.4. The van der Waals surface area contributed by atoms with Crippen molar-refractivity contribution in [3.8, 4) is 0 Å². The van der Waals surface area contributed by atoms with E-state index in [1.807, 2.05) is 25.3 Å². The number of aryl methyl sites for hydroxylation is 1. The highest BCUT2D eigenvalue weighted by molar-refractivity contribution is 5.91. The molecule has 1 fully saturated rings. The average Bonchev–Trinajstić information content (AvgIpc) is 2.82. The molecule has 0 radical (unpaired) electrons. The van der Waals surface area contributed by atoms with Crippen molar-refractivity contribution >= 4 is 17.4 Å². The standard InChI is InChI=1S/C16H22N4O2/c1-10(2)13-12(16(21)22)9-17-20-14(13)18-11(3)15(20)19-7-5-4-6-8-19/h9-10H,4-8H2,1-3H3,(H,21,22). The van der Waals surface area contributed by atoms with Crippen LogP contribution >= 0.6 is 0 Å². The molecule has 118 valence electrons. The lowest BCUT2D eigenvalue weighted by Crippen LogP contribution is -2.31. The van der Waals surface area contributed by atoms with Gasteiger partial charge in [-0.25, -0.2) is 9.78 Å². The Balaban J connectivity index is 2.22. The summed E-state index contributed by atoms with van der Waals surface area (Å²) in [5, 5.41) is 13.8. The van der Waals surface area contributed by atoms with Crippen molar-refractivity contribution < 1.29 is 9.90 Å². The van der Waals surface area contributed by atoms with Crippen LogP contribution in [0.2, 0.25) is 0 Å². The normalized spacial score (nSPS) is 15.7. The van der Waals surface area contributed by atoms with Crippen LogP contribution in [0.3, 0.4) is 0 Å². The third-order valence-electron chi connectivity index (χ3n) is 4.30. The van der Waals surface area contributed by atoms with Crippen molar-refractivity contribution in [3.05, 3.63) is 23.0 Å². The third-order valence-corrected chi connectivity index (χ3v) is 4.30. The maximum Gasteiger partial charge on any atom is 0.337 e. The summed E-state index contributed by atoms with van der Waals surface area (Å²) in [6, 6.07) is 0. The van der Waals surface area contributed by atoms with Crippen LogP contribution in [0, 0.1) is 6.92 Å². The van der Waals surface area contributed by atoms with E-state index in [1.165, 1.54) is 25.5 Å². The second kappa shape index (κ2) is 5.59. The zero-order valence-corrected chi connectivity index (χ0v) is 13.3. The minimum Gasteiger partial charge on any atom is -0.478 e. The van der Waals surface area contributed by atoms with Gasteiger partial charge in [-0.05, 0) is 32.1 Å². The summed E-state index contributed by atoms with van der Waals surface area (Å²) in [7, 11) is 0. The molecule has 0 bridgehead atoms. The number of hydrogen-bond acceptors (Lipinski definition) is 4. The SMILES string of the molecule is Cc1nc2c(C(C)C)c(C(=O)O)cnn2c1N1CCCCC1. The number of carboxylic acids is 1. The van der Waals surface area contributed by atoms with Crippen molar-refractivity contribution in [2.24, 2.45) is 0 Å². The summed E-state index contributed by atoms with van der Waals surface area (Å²) in [5.74, 6) is 0.139. The van der Waals surface area contributed by atoms with E-state index in [9.17, 15) is 9.90 Å². The molecule has 6 nitrogen and oxygen atoms in total. The van der Waals surface area contributed by atoms with Crippen LogP contribution in [-0.2, 0) is 0 Å². The molecule has 0 unspecified atom stereocenters. The van der Waals surface area contributed by atoms with E-state index in [0.29, 0.717) is 5.65 Å². The smallest absolute Gasteiger partial charge is 0.337 e. The number of anilines is 1. The first-order valence-corrected chi connectivity index (χ1v) is 7.87. The summed E-state index contributed by atoms with van der Waals surface area (Å²) >= 11 is 0. The fourth-order valence-electron chi connectivity index (χ4n) is 3.31. The number of aromatic carboxylic acids is 1. The lowest BCUT2D eigenvalue weighted by Gasteiger charge is -2.28. The molecule has 0 amide bonds. The topological polar surface area (TPSA) is 70.7 Å². The van der Waals surface area contributed by atoms with Crippen molar-refractivity contribution in [2.75, 3.05) is 18.0 Å². The van der Waals surface area contributed by atoms with Crippen LogP contribution in [-0.4, -0.2) is 38.8 Å². The fourth-order valence-corrected chi connectivity index (χ4v) is 3.31. The molecule has 1 aliphatic rings. The summed E-state index contributed by atoms with van der Waals surface area (Å²) < 4.78 is 1.82. The van der Waals surface area contributed by atoms with Gasteiger partial charge in [-0.2, -0.15) is 9.61 Å². The first-order chi connectivity index (χ1) is 10.5. The van der Waals surface area contributed by atoms with Gasteiger partial charge in [0.15, 0.2) is 11.5 Å². The number of aromatic nitrogens is 3. The molecule has 2 aromatic rings. The number of rotatable bonds is 3. The van der Waals surface area contributed by atoms with Gasteiger partial charge in [-0.15, -0.1) is 0 Å². The Morgan fingerprint density at radius 3 is 2.55 bits per heavy atom. The van der Waals surface area contributed by atoms with Crippen LogP contribution in [0.4, 0.5) is 5.82 Å². The number of fused-ring (bicyclic) bond motifs is 1. The van der Waals surface area contributed by atoms with Gasteiger partial charge in [0.1, 0.15) is 0 Å². The Labute approximate surface area is 129 Å². The van der Waals surface area contributed by atoms with Gasteiger partial charge in [0, 0.05) is 18.7 Å². The van der Waals surface area contributed by atoms with E-state index in [0.717, 1.165) is 30.2 Å². The molecule has 22 heavy (non-hydrogen) atoms. The van der Waals surface area contributed by atoms with Gasteiger partial charge in [0.2, 0.25) is 0 Å². The first kappa shape index (κ1) is 14.8. The van der Waals surface area contributed by atoms with Crippen LogP contribution in [0.15, 0.2) is 6.20 Å². The Bertz CT molecular complexity index is 714. The summed E-state index contributed by atoms with van der Waals surface area (Å²) in [6.45, 7) is 7.98. The second-order valence-electron chi connectivity index (χ2n) is 6.24. The van der Waals surface area contributed by atoms with E-state index in [4.69, 9.17) is 0 Å². The number of piperidine rings is 1. The van der Waals surface area contributed by atoms with E-state index < -0.39 is 5.97 Å². The average molecular weight is 302 g/mol. The number of hydrogen-bond donors (Lipinski definition) is 1. The largest absolute Gasteiger partial charge is 0.478 e. The van der Waals surface area contributed by atoms with Gasteiger partial charge < -0.3 is 10.0 Å². The molecule has 1 aliphatic heterocycles. The molecule has 2 aromatic heterocycles. The molecular formula is C16H22N4O2. The van der Waals surface area contributed by atoms with Crippen molar-refractivity contribution in [1.29, 1.82) is 0 Å². The molecule has 0 aromatic carbocycles. The first-order valence-electron chi connectivity index (χ1n) is 7.87. The predicted octanol–water partition coefficient (Wildman–Crippen LogP) is 2.85. The van der Waals surface area contributed by atoms with Gasteiger partial charge >= 0.3 is 5.97 Å². The van der Waals surface area contributed by atoms with Crippen molar-refractivity contribution in [1.82, 2.24) is 14.6 Å². The number of carboxylic acid groups (broad SMARTS) is 1. The van der Waals surface area contributed by atoms with Crippen LogP contribution in [0.5, 0.6) is 0 Å². The molecule has 0 atom stereocenters. The molecule has 6 heteroatoms. The maximum atomic E-state index is 11.5. The molecule has 0 saturated carbocycles. The van der Waals surface area contributed by atoms with Crippen LogP contribution < -0.4 is 4.90 Å². The lowest BCUT2D eigenvalue weighted by molar-refractivity contribution is 0.0694. The maximum absolute atomic E-state index is 11.5. The highest BCUT2D eigenvalue weighted by Crippen LogP contribution is 2.30. The van der Waals surface area contributed by atoms with Gasteiger partial charge in [0.25, 0.3) is 0 Å². The quantitative estimate of drug-likeness (QED) is 0.944. The van der Waals surface area contributed by atoms with Gasteiger partial charge in [-0.3, -0.25) is 0 Å². The molecular weight excluding hydrogens is 280 g/mol. The monoisotopic (exact) mass is 302 g/mol. The Morgan fingerprint density at radius 1 is 1.27 bits per heavy atom. The number of nitrogens with zero attached hydrogens (tertiary/aromatic N) is 4. The minimum atomic E-state index is -0.945. The zero-order chi connectivity index (χ0) is 15.9. The third kappa shape index (κ3) is 2.32. The molecule has 3 rings (SSSR count). The summed E-state index contributed by atoms with van der Waals surface area (Å²) in [4.78, 5) is 18.4. The van der Waals surface area contributed by atoms with Gasteiger partial charge in [-0.1, -0.05) is 13.8 Å². The Kier molecular flexibility index (Phi) is 3.76. The van der Waals surface area contributed by atoms with E-state index in [1.54, 1.807) is 0 Å². The number of imidazole rings is 1. The van der Waals surface area contributed by atoms with Crippen molar-refractivity contribution in [2.45, 2.75) is 46.0 Å². The predicted molar refractivity (Wildman–Crippen MR) is 84.8 cm³/mol. The summed E-state index contributed by atoms with van der Waals surface area (Å²) in [5.41, 5.74) is 2.60. The Hall–Kier alpha value is -2.11. The fraction of sp³-hybridized carbons (Fsp3) is 0.562. The zero-order valence-electron chi connectivity index (χ0n) is 13.3. The van der Waals surface area contributed by atoms with E-state index in [2.05, 4.69) is 15.0 Å². The minimum absolute atomic E-state index is 0.0765. The summed E-state index contributed by atoms with van der Waals surface area (Å²) in [6.07, 6.45) is 5.08. The Morgan fingerprint density at radius 2 is 1.95 bits per heavy atom. The highest BCUT2D eigenvalue weighted by Gasteiger charge is 2.24. The molecule has 0 spiro atoms. The van der Waals surface area contributed by atoms with Crippen molar-refractivity contribution in [3.63, 3.8) is 0 Å². The molecule has 3 heterocycles. The van der Waals surface area contributed by atoms with E-state index in [-0.39, 0.29) is 11.5 Å².